The molecule has 0 N–H and O–H groups in total. The van der Waals surface area contributed by atoms with Crippen LogP contribution in [-0.2, 0) is 20.1 Å². The fourth-order valence-electron chi connectivity index (χ4n) is 5.66. The molecule has 6 rings (SSSR count). The number of benzene rings is 4. The Morgan fingerprint density at radius 2 is 0.814 bits per heavy atom. The average molecular weight is 743 g/mol. The van der Waals surface area contributed by atoms with Crippen molar-refractivity contribution < 1.29 is 20.1 Å². The number of aromatic nitrogens is 2. The van der Waals surface area contributed by atoms with Crippen LogP contribution in [0, 0.1) is 27.7 Å². The average Bonchev–Trinajstić information content (AvgIpc) is 2.99. The van der Waals surface area contributed by atoms with Crippen LogP contribution < -0.4 is 0 Å². The zero-order chi connectivity index (χ0) is 30.0. The van der Waals surface area contributed by atoms with Gasteiger partial charge in [0.25, 0.3) is 0 Å². The van der Waals surface area contributed by atoms with Crippen LogP contribution in [0.25, 0.3) is 44.1 Å². The molecule has 0 fully saturated rings. The van der Waals surface area contributed by atoms with Crippen molar-refractivity contribution in [2.24, 2.45) is 0 Å². The van der Waals surface area contributed by atoms with Gasteiger partial charge in [-0.3, -0.25) is 9.97 Å². The van der Waals surface area contributed by atoms with Gasteiger partial charge in [-0.05, 0) is 97.2 Å². The molecule has 0 atom stereocenters. The second kappa shape index (κ2) is 13.8. The summed E-state index contributed by atoms with van der Waals surface area (Å²) < 4.78 is 0. The second-order valence-corrected chi connectivity index (χ2v) is 12.0. The maximum atomic E-state index is 4.92. The summed E-state index contributed by atoms with van der Waals surface area (Å²) >= 11 is 0. The molecule has 0 spiro atoms. The first-order valence-corrected chi connectivity index (χ1v) is 15.1. The third-order valence-corrected chi connectivity index (χ3v) is 8.39. The number of hydrogen-bond acceptors (Lipinski definition) is 2. The third-order valence-electron chi connectivity index (χ3n) is 8.39. The first-order chi connectivity index (χ1) is 20.2. The number of rotatable bonds is 4. The largest absolute Gasteiger partial charge is 3.00 e. The molecule has 0 aliphatic rings. The van der Waals surface area contributed by atoms with Gasteiger partial charge in [-0.1, -0.05) is 100 Å². The summed E-state index contributed by atoms with van der Waals surface area (Å²) in [7, 11) is 0. The summed E-state index contributed by atoms with van der Waals surface area (Å²) in [6, 6.07) is 34.3. The Bertz CT molecular complexity index is 1750. The van der Waals surface area contributed by atoms with E-state index >= 15 is 0 Å². The predicted octanol–water partition coefficient (Wildman–Crippen LogP) is 11.3. The number of hydrogen-bond donors (Lipinski definition) is 0. The van der Waals surface area contributed by atoms with Gasteiger partial charge in [-0.15, -0.1) is 0 Å². The molecule has 3 heteroatoms. The topological polar surface area (TPSA) is 25.8 Å². The number of para-hydroxylation sites is 2. The fraction of sp³-hybridized carbons (Fsp3) is 0.250. The smallest absolute Gasteiger partial charge is 0.252 e. The van der Waals surface area contributed by atoms with Crippen molar-refractivity contribution in [1.29, 1.82) is 0 Å². The molecule has 0 saturated heterocycles. The van der Waals surface area contributed by atoms with E-state index < -0.39 is 0 Å². The summed E-state index contributed by atoms with van der Waals surface area (Å²) in [5.41, 5.74) is 15.0. The maximum Gasteiger partial charge on any atom is 3.00 e. The van der Waals surface area contributed by atoms with Crippen LogP contribution in [0.1, 0.15) is 73.2 Å². The van der Waals surface area contributed by atoms with E-state index in [4.69, 9.17) is 9.97 Å². The van der Waals surface area contributed by atoms with Crippen molar-refractivity contribution in [3.05, 3.63) is 131 Å². The summed E-state index contributed by atoms with van der Waals surface area (Å²) in [5, 5.41) is 2.41. The van der Waals surface area contributed by atoms with Gasteiger partial charge in [0.2, 0.25) is 0 Å². The van der Waals surface area contributed by atoms with Crippen LogP contribution in [0.15, 0.2) is 97.1 Å². The minimum absolute atomic E-state index is 0. The molecule has 0 saturated carbocycles. The van der Waals surface area contributed by atoms with Crippen molar-refractivity contribution in [3.63, 3.8) is 0 Å². The maximum absolute atomic E-state index is 4.92. The molecule has 0 aliphatic carbocycles. The van der Waals surface area contributed by atoms with Crippen LogP contribution in [0.2, 0.25) is 0 Å². The van der Waals surface area contributed by atoms with Crippen molar-refractivity contribution in [2.75, 3.05) is 0 Å². The minimum atomic E-state index is 0. The van der Waals surface area contributed by atoms with Gasteiger partial charge in [-0.2, -0.15) is 0 Å². The molecule has 0 radical (unpaired) electrons. The Morgan fingerprint density at radius 1 is 0.442 bits per heavy atom. The van der Waals surface area contributed by atoms with E-state index in [9.17, 15) is 0 Å². The second-order valence-electron chi connectivity index (χ2n) is 12.0. The van der Waals surface area contributed by atoms with E-state index in [-0.39, 0.29) is 20.1 Å². The van der Waals surface area contributed by atoms with E-state index in [0.29, 0.717) is 11.8 Å². The van der Waals surface area contributed by atoms with E-state index in [1.807, 2.05) is 0 Å². The van der Waals surface area contributed by atoms with Gasteiger partial charge in [0.15, 0.2) is 0 Å². The van der Waals surface area contributed by atoms with Gasteiger partial charge in [-0.25, -0.2) is 0 Å². The van der Waals surface area contributed by atoms with E-state index in [0.717, 1.165) is 11.0 Å². The molecular weight excluding hydrogens is 701 g/mol. The quantitative estimate of drug-likeness (QED) is 0.180. The Hall–Kier alpha value is -3.65. The summed E-state index contributed by atoms with van der Waals surface area (Å²) in [6.07, 6.45) is 0. The standard InChI is InChI=1S/2C20H21N.Ir/c2*1-13(2)20-18(17-10-7-8-14(3)15(17)4)12-16-9-5-6-11-19(16)21-20;/h2*5-13H,1-4H3;/q;;+3. The number of fused-ring (bicyclic) bond motifs is 2. The first kappa shape index (κ1) is 32.3. The van der Waals surface area contributed by atoms with Crippen molar-refractivity contribution in [2.45, 2.75) is 67.2 Å². The first-order valence-electron chi connectivity index (χ1n) is 15.1. The Morgan fingerprint density at radius 3 is 1.19 bits per heavy atom. The van der Waals surface area contributed by atoms with Crippen molar-refractivity contribution in [3.8, 4) is 22.3 Å². The zero-order valence-corrected chi connectivity index (χ0v) is 29.0. The van der Waals surface area contributed by atoms with Gasteiger partial charge in [0.1, 0.15) is 0 Å². The fourth-order valence-corrected chi connectivity index (χ4v) is 5.66. The van der Waals surface area contributed by atoms with Gasteiger partial charge in [0, 0.05) is 21.9 Å². The molecule has 43 heavy (non-hydrogen) atoms. The van der Waals surface area contributed by atoms with Crippen molar-refractivity contribution >= 4 is 21.8 Å². The molecule has 218 valence electrons. The Balaban J connectivity index is 0.000000192. The van der Waals surface area contributed by atoms with Crippen LogP contribution in [0.3, 0.4) is 0 Å². The molecular formula is C40H42IrN2+3. The number of aryl methyl sites for hydroxylation is 2. The van der Waals surface area contributed by atoms with E-state index in [1.54, 1.807) is 0 Å². The summed E-state index contributed by atoms with van der Waals surface area (Å²) in [4.78, 5) is 9.84. The summed E-state index contributed by atoms with van der Waals surface area (Å²) in [6.45, 7) is 17.6. The van der Waals surface area contributed by atoms with Gasteiger partial charge in [0.05, 0.1) is 22.4 Å². The molecule has 2 heterocycles. The normalized spacial score (nSPS) is 11.0. The van der Waals surface area contributed by atoms with Gasteiger partial charge >= 0.3 is 20.1 Å². The molecule has 0 unspecified atom stereocenters. The molecule has 0 amide bonds. The minimum Gasteiger partial charge on any atom is -0.252 e. The summed E-state index contributed by atoms with van der Waals surface area (Å²) in [5.74, 6) is 0.814. The van der Waals surface area contributed by atoms with Crippen LogP contribution in [0.4, 0.5) is 0 Å². The SMILES string of the molecule is Cc1cccc(-c2cc3ccccc3nc2C(C)C)c1C.Cc1cccc(-c2cc3ccccc3nc2C(C)C)c1C.[Ir+3]. The zero-order valence-electron chi connectivity index (χ0n) is 26.6. The number of pyridine rings is 2. The van der Waals surface area contributed by atoms with Crippen LogP contribution >= 0.6 is 0 Å². The van der Waals surface area contributed by atoms with E-state index in [1.165, 1.54) is 66.7 Å². The molecule has 4 aromatic carbocycles. The van der Waals surface area contributed by atoms with Crippen LogP contribution in [-0.4, -0.2) is 9.97 Å². The number of nitrogens with zero attached hydrogens (tertiary/aromatic N) is 2. The van der Waals surface area contributed by atoms with E-state index in [2.05, 4.69) is 152 Å². The predicted molar refractivity (Wildman–Crippen MR) is 181 cm³/mol. The molecule has 2 aromatic heterocycles. The molecule has 0 bridgehead atoms. The van der Waals surface area contributed by atoms with Crippen LogP contribution in [0.5, 0.6) is 0 Å². The molecule has 0 aliphatic heterocycles. The Kier molecular flexibility index (Phi) is 10.3. The third kappa shape index (κ3) is 6.80. The monoisotopic (exact) mass is 743 g/mol. The van der Waals surface area contributed by atoms with Crippen molar-refractivity contribution in [1.82, 2.24) is 9.97 Å². The molecule has 6 aromatic rings. The molecule has 2 nitrogen and oxygen atoms in total. The Labute approximate surface area is 271 Å². The van der Waals surface area contributed by atoms with Gasteiger partial charge < -0.3 is 0 Å².